The van der Waals surface area contributed by atoms with E-state index in [1.54, 1.807) is 0 Å². The number of alkyl halides is 3. The average molecular weight is 334 g/mol. The van der Waals surface area contributed by atoms with Crippen LogP contribution in [0.4, 0.5) is 23.7 Å². The van der Waals surface area contributed by atoms with Gasteiger partial charge in [0.05, 0.1) is 13.2 Å². The summed E-state index contributed by atoms with van der Waals surface area (Å²) in [5.74, 6) is 0. The van der Waals surface area contributed by atoms with Crippen molar-refractivity contribution < 1.29 is 27.8 Å². The van der Waals surface area contributed by atoms with Crippen LogP contribution in [0.3, 0.4) is 0 Å². The van der Waals surface area contributed by atoms with Gasteiger partial charge >= 0.3 is 12.2 Å². The van der Waals surface area contributed by atoms with Crippen molar-refractivity contribution in [2.75, 3.05) is 38.2 Å². The molecule has 2 N–H and O–H groups in total. The number of amides is 2. The van der Waals surface area contributed by atoms with Crippen LogP contribution in [-0.4, -0.2) is 55.1 Å². The van der Waals surface area contributed by atoms with E-state index < -0.39 is 18.8 Å². The van der Waals surface area contributed by atoms with Crippen LogP contribution in [0.1, 0.15) is 11.1 Å². The maximum absolute atomic E-state index is 12.2. The summed E-state index contributed by atoms with van der Waals surface area (Å²) < 4.78 is 40.5. The second-order valence-electron chi connectivity index (χ2n) is 5.08. The minimum atomic E-state index is -4.40. The molecule has 0 aliphatic heterocycles. The summed E-state index contributed by atoms with van der Waals surface area (Å²) in [4.78, 5) is 13.4. The number of aliphatic hydroxyl groups excluding tert-OH is 1. The third-order valence-corrected chi connectivity index (χ3v) is 3.14. The number of nitrogens with zero attached hydrogens (tertiary/aromatic N) is 1. The third-order valence-electron chi connectivity index (χ3n) is 3.14. The van der Waals surface area contributed by atoms with Gasteiger partial charge in [0.15, 0.2) is 0 Å². The third kappa shape index (κ3) is 6.87. The number of hydrogen-bond donors (Lipinski definition) is 2. The molecule has 1 rings (SSSR count). The number of ether oxygens (including phenoxy) is 1. The molecule has 0 saturated carbocycles. The van der Waals surface area contributed by atoms with Crippen molar-refractivity contribution in [2.45, 2.75) is 20.0 Å². The van der Waals surface area contributed by atoms with E-state index in [0.29, 0.717) is 5.69 Å². The smallest absolute Gasteiger partial charge is 0.395 e. The van der Waals surface area contributed by atoms with E-state index in [2.05, 4.69) is 10.1 Å². The molecule has 0 aromatic heterocycles. The molecule has 0 saturated heterocycles. The highest BCUT2D eigenvalue weighted by atomic mass is 19.4. The number of hydrogen-bond acceptors (Lipinski definition) is 3. The normalized spacial score (nSPS) is 11.4. The van der Waals surface area contributed by atoms with Gasteiger partial charge in [-0.25, -0.2) is 4.79 Å². The first-order chi connectivity index (χ1) is 10.7. The molecule has 0 radical (unpaired) electrons. The number of para-hydroxylation sites is 1. The second kappa shape index (κ2) is 8.73. The molecule has 0 atom stereocenters. The molecule has 1 aromatic rings. The standard InChI is InChI=1S/C15H21F3N2O3/c1-11-4-3-5-12(2)13(11)19-14(22)20(6-8-21)7-9-23-10-15(16,17)18/h3-5,21H,6-10H2,1-2H3,(H,19,22). The number of halogens is 3. The van der Waals surface area contributed by atoms with E-state index in [9.17, 15) is 18.0 Å². The van der Waals surface area contributed by atoms with E-state index in [-0.39, 0.29) is 26.3 Å². The van der Waals surface area contributed by atoms with Crippen molar-refractivity contribution in [3.05, 3.63) is 29.3 Å². The lowest BCUT2D eigenvalue weighted by atomic mass is 10.1. The minimum Gasteiger partial charge on any atom is -0.395 e. The van der Waals surface area contributed by atoms with Gasteiger partial charge in [-0.3, -0.25) is 0 Å². The fraction of sp³-hybridized carbons (Fsp3) is 0.533. The van der Waals surface area contributed by atoms with Crippen LogP contribution in [0.5, 0.6) is 0 Å². The molecule has 1 aromatic carbocycles. The summed E-state index contributed by atoms with van der Waals surface area (Å²) in [5.41, 5.74) is 2.39. The maximum atomic E-state index is 12.2. The number of rotatable bonds is 7. The van der Waals surface area contributed by atoms with Crippen molar-refractivity contribution in [2.24, 2.45) is 0 Å². The lowest BCUT2D eigenvalue weighted by molar-refractivity contribution is -0.174. The molecular formula is C15H21F3N2O3. The summed E-state index contributed by atoms with van der Waals surface area (Å²) in [5, 5.41) is 11.7. The Morgan fingerprint density at radius 1 is 1.26 bits per heavy atom. The van der Waals surface area contributed by atoms with Crippen molar-refractivity contribution in [3.63, 3.8) is 0 Å². The van der Waals surface area contributed by atoms with Gasteiger partial charge in [-0.2, -0.15) is 13.2 Å². The van der Waals surface area contributed by atoms with Gasteiger partial charge < -0.3 is 20.1 Å². The molecule has 0 fully saturated rings. The van der Waals surface area contributed by atoms with Crippen LogP contribution < -0.4 is 5.32 Å². The van der Waals surface area contributed by atoms with E-state index in [1.807, 2.05) is 32.0 Å². The highest BCUT2D eigenvalue weighted by molar-refractivity contribution is 5.91. The molecule has 2 amide bonds. The van der Waals surface area contributed by atoms with Crippen LogP contribution >= 0.6 is 0 Å². The molecule has 0 aliphatic rings. The van der Waals surface area contributed by atoms with Crippen LogP contribution in [0, 0.1) is 13.8 Å². The highest BCUT2D eigenvalue weighted by Crippen LogP contribution is 2.20. The maximum Gasteiger partial charge on any atom is 0.411 e. The molecule has 0 spiro atoms. The monoisotopic (exact) mass is 334 g/mol. The Morgan fingerprint density at radius 2 is 1.87 bits per heavy atom. The van der Waals surface area contributed by atoms with Gasteiger partial charge in [0.2, 0.25) is 0 Å². The first-order valence-corrected chi connectivity index (χ1v) is 7.12. The van der Waals surface area contributed by atoms with Crippen molar-refractivity contribution in [3.8, 4) is 0 Å². The molecule has 0 unspecified atom stereocenters. The van der Waals surface area contributed by atoms with Crippen molar-refractivity contribution >= 4 is 11.7 Å². The van der Waals surface area contributed by atoms with E-state index in [1.165, 1.54) is 4.90 Å². The molecule has 8 heteroatoms. The summed E-state index contributed by atoms with van der Waals surface area (Å²) in [6.07, 6.45) is -4.40. The zero-order chi connectivity index (χ0) is 17.5. The SMILES string of the molecule is Cc1cccc(C)c1NC(=O)N(CCO)CCOCC(F)(F)F. The number of urea groups is 1. The van der Waals surface area contributed by atoms with Gasteiger partial charge in [0.25, 0.3) is 0 Å². The molecule has 0 heterocycles. The molecule has 0 aliphatic carbocycles. The Balaban J connectivity index is 2.60. The van der Waals surface area contributed by atoms with Crippen LogP contribution in [0.15, 0.2) is 18.2 Å². The topological polar surface area (TPSA) is 61.8 Å². The Labute approximate surface area is 133 Å². The molecule has 130 valence electrons. The van der Waals surface area contributed by atoms with Gasteiger partial charge in [0, 0.05) is 18.8 Å². The first-order valence-electron chi connectivity index (χ1n) is 7.12. The van der Waals surface area contributed by atoms with E-state index in [0.717, 1.165) is 11.1 Å². The van der Waals surface area contributed by atoms with Crippen LogP contribution in [0.25, 0.3) is 0 Å². The number of benzene rings is 1. The Kier molecular flexibility index (Phi) is 7.31. The van der Waals surface area contributed by atoms with E-state index >= 15 is 0 Å². The Bertz CT molecular complexity index is 501. The highest BCUT2D eigenvalue weighted by Gasteiger charge is 2.27. The zero-order valence-corrected chi connectivity index (χ0v) is 13.1. The zero-order valence-electron chi connectivity index (χ0n) is 13.1. The Hall–Kier alpha value is -1.80. The van der Waals surface area contributed by atoms with Gasteiger partial charge in [-0.05, 0) is 25.0 Å². The van der Waals surface area contributed by atoms with Gasteiger partial charge in [-0.1, -0.05) is 18.2 Å². The predicted molar refractivity (Wildman–Crippen MR) is 80.5 cm³/mol. The predicted octanol–water partition coefficient (Wildman–Crippen LogP) is 2.71. The average Bonchev–Trinajstić information content (AvgIpc) is 2.45. The molecule has 5 nitrogen and oxygen atoms in total. The molecule has 23 heavy (non-hydrogen) atoms. The quantitative estimate of drug-likeness (QED) is 0.754. The first kappa shape index (κ1) is 19.2. The molecule has 0 bridgehead atoms. The van der Waals surface area contributed by atoms with Crippen LogP contribution in [-0.2, 0) is 4.74 Å². The lowest BCUT2D eigenvalue weighted by Crippen LogP contribution is -2.40. The fourth-order valence-corrected chi connectivity index (χ4v) is 2.00. The molecular weight excluding hydrogens is 313 g/mol. The van der Waals surface area contributed by atoms with Crippen molar-refractivity contribution in [1.82, 2.24) is 4.90 Å². The number of carbonyl (C=O) groups excluding carboxylic acids is 1. The fourth-order valence-electron chi connectivity index (χ4n) is 2.00. The van der Waals surface area contributed by atoms with E-state index in [4.69, 9.17) is 5.11 Å². The van der Waals surface area contributed by atoms with Gasteiger partial charge in [-0.15, -0.1) is 0 Å². The minimum absolute atomic E-state index is 0.00609. The second-order valence-corrected chi connectivity index (χ2v) is 5.08. The summed E-state index contributed by atoms with van der Waals surface area (Å²) in [7, 11) is 0. The van der Waals surface area contributed by atoms with Crippen molar-refractivity contribution in [1.29, 1.82) is 0 Å². The van der Waals surface area contributed by atoms with Gasteiger partial charge in [0.1, 0.15) is 6.61 Å². The number of nitrogens with one attached hydrogen (secondary N) is 1. The summed E-state index contributed by atoms with van der Waals surface area (Å²) >= 11 is 0. The lowest BCUT2D eigenvalue weighted by Gasteiger charge is -2.23. The summed E-state index contributed by atoms with van der Waals surface area (Å²) in [6, 6.07) is 5.04. The number of anilines is 1. The number of aryl methyl sites for hydroxylation is 2. The Morgan fingerprint density at radius 3 is 2.39 bits per heavy atom. The summed E-state index contributed by atoms with van der Waals surface area (Å²) in [6.45, 7) is 1.72. The number of aliphatic hydroxyl groups is 1. The van der Waals surface area contributed by atoms with Crippen LogP contribution in [0.2, 0.25) is 0 Å². The number of carbonyl (C=O) groups is 1. The largest absolute Gasteiger partial charge is 0.411 e.